The van der Waals surface area contributed by atoms with E-state index in [9.17, 15) is 9.59 Å². The minimum absolute atomic E-state index is 0.0344. The van der Waals surface area contributed by atoms with Crippen LogP contribution in [0, 0.1) is 5.41 Å². The van der Waals surface area contributed by atoms with Gasteiger partial charge in [0.2, 0.25) is 11.8 Å². The number of amides is 2. The molecule has 1 N–H and O–H groups in total. The van der Waals surface area contributed by atoms with Gasteiger partial charge in [-0.05, 0) is 59.9 Å². The van der Waals surface area contributed by atoms with Crippen molar-refractivity contribution in [2.24, 2.45) is 5.41 Å². The van der Waals surface area contributed by atoms with Crippen molar-refractivity contribution in [3.05, 3.63) is 40.6 Å². The number of carbonyl (C=O) groups is 2. The average molecular weight is 474 g/mol. The maximum absolute atomic E-state index is 12.9. The smallest absolute Gasteiger partial charge is 0.247 e. The van der Waals surface area contributed by atoms with Crippen LogP contribution < -0.4 is 5.32 Å². The zero-order chi connectivity index (χ0) is 22.0. The maximum Gasteiger partial charge on any atom is 0.247 e. The van der Waals surface area contributed by atoms with E-state index in [1.165, 1.54) is 5.56 Å². The molecule has 0 aliphatic carbocycles. The molecule has 1 unspecified atom stereocenters. The number of nitrogens with zero attached hydrogens (tertiary/aromatic N) is 2. The SMILES string of the molecule is CC(C)(C)C(=O)N1CCCC1C(=O)Nc1ccc2nc(SCCc3ccsc3)sc2c1. The van der Waals surface area contributed by atoms with E-state index in [0.29, 0.717) is 13.0 Å². The fourth-order valence-corrected chi connectivity index (χ4v) is 6.54. The number of rotatable bonds is 6. The van der Waals surface area contributed by atoms with Gasteiger partial charge in [-0.2, -0.15) is 11.3 Å². The number of thiophene rings is 1. The summed E-state index contributed by atoms with van der Waals surface area (Å²) in [6.07, 6.45) is 2.61. The van der Waals surface area contributed by atoms with Crippen molar-refractivity contribution in [2.45, 2.75) is 50.4 Å². The topological polar surface area (TPSA) is 62.3 Å². The van der Waals surface area contributed by atoms with E-state index in [2.05, 4.69) is 22.1 Å². The number of benzene rings is 1. The van der Waals surface area contributed by atoms with Gasteiger partial charge in [-0.1, -0.05) is 32.5 Å². The van der Waals surface area contributed by atoms with Crippen LogP contribution in [0.2, 0.25) is 0 Å². The lowest BCUT2D eigenvalue weighted by Crippen LogP contribution is -2.47. The van der Waals surface area contributed by atoms with Crippen LogP contribution in [0.1, 0.15) is 39.2 Å². The van der Waals surface area contributed by atoms with Crippen molar-refractivity contribution in [3.8, 4) is 0 Å². The van der Waals surface area contributed by atoms with E-state index in [1.807, 2.05) is 39.0 Å². The molecule has 4 rings (SSSR count). The number of thioether (sulfide) groups is 1. The van der Waals surface area contributed by atoms with Gasteiger partial charge >= 0.3 is 0 Å². The van der Waals surface area contributed by atoms with Gasteiger partial charge in [-0.3, -0.25) is 9.59 Å². The predicted molar refractivity (Wildman–Crippen MR) is 131 cm³/mol. The van der Waals surface area contributed by atoms with Crippen LogP contribution in [0.15, 0.2) is 39.4 Å². The Morgan fingerprint density at radius 2 is 2.13 bits per heavy atom. The largest absolute Gasteiger partial charge is 0.330 e. The Balaban J connectivity index is 1.40. The molecule has 0 bridgehead atoms. The molecule has 2 amide bonds. The first-order valence-electron chi connectivity index (χ1n) is 10.5. The van der Waals surface area contributed by atoms with Crippen LogP contribution in [0.25, 0.3) is 10.2 Å². The first kappa shape index (κ1) is 22.3. The molecule has 8 heteroatoms. The third-order valence-electron chi connectivity index (χ3n) is 5.29. The zero-order valence-electron chi connectivity index (χ0n) is 18.0. The van der Waals surface area contributed by atoms with Crippen LogP contribution >= 0.6 is 34.4 Å². The summed E-state index contributed by atoms with van der Waals surface area (Å²) in [6, 6.07) is 7.60. The third kappa shape index (κ3) is 5.30. The van der Waals surface area contributed by atoms with Crippen LogP contribution in [0.4, 0.5) is 5.69 Å². The molecule has 0 spiro atoms. The number of anilines is 1. The van der Waals surface area contributed by atoms with Gasteiger partial charge in [0.15, 0.2) is 4.34 Å². The maximum atomic E-state index is 12.9. The summed E-state index contributed by atoms with van der Waals surface area (Å²) in [7, 11) is 0. The number of aryl methyl sites for hydroxylation is 1. The van der Waals surface area contributed by atoms with E-state index in [-0.39, 0.29) is 11.8 Å². The quantitative estimate of drug-likeness (QED) is 0.469. The number of hydrogen-bond donors (Lipinski definition) is 1. The molecule has 1 aromatic carbocycles. The van der Waals surface area contributed by atoms with E-state index < -0.39 is 11.5 Å². The van der Waals surface area contributed by atoms with E-state index in [4.69, 9.17) is 4.98 Å². The van der Waals surface area contributed by atoms with Crippen molar-refractivity contribution in [1.82, 2.24) is 9.88 Å². The number of aromatic nitrogens is 1. The standard InChI is InChI=1S/C23H27N3O2S3/c1-23(2,3)21(28)26-10-4-5-18(26)20(27)24-16-6-7-17-19(13-16)31-22(25-17)30-12-9-15-8-11-29-14-15/h6-8,11,13-14,18H,4-5,9-10,12H2,1-3H3,(H,24,27). The molecule has 164 valence electrons. The zero-order valence-corrected chi connectivity index (χ0v) is 20.5. The average Bonchev–Trinajstić information content (AvgIpc) is 3.46. The molecule has 3 heterocycles. The summed E-state index contributed by atoms with van der Waals surface area (Å²) in [4.78, 5) is 32.1. The number of thiazole rings is 1. The molecule has 1 atom stereocenters. The van der Waals surface area contributed by atoms with Crippen LogP contribution in [0.5, 0.6) is 0 Å². The van der Waals surface area contributed by atoms with E-state index in [1.54, 1.807) is 39.3 Å². The summed E-state index contributed by atoms with van der Waals surface area (Å²) >= 11 is 5.16. The Bertz CT molecular complexity index is 1070. The van der Waals surface area contributed by atoms with Gasteiger partial charge in [-0.25, -0.2) is 4.98 Å². The van der Waals surface area contributed by atoms with Crippen LogP contribution in [0.3, 0.4) is 0 Å². The number of fused-ring (bicyclic) bond motifs is 1. The molecule has 1 aliphatic rings. The van der Waals surface area contributed by atoms with Gasteiger partial charge in [0, 0.05) is 23.4 Å². The highest BCUT2D eigenvalue weighted by Crippen LogP contribution is 2.32. The summed E-state index contributed by atoms with van der Waals surface area (Å²) in [5.41, 5.74) is 2.59. The van der Waals surface area contributed by atoms with Crippen molar-refractivity contribution >= 4 is 62.2 Å². The number of hydrogen-bond acceptors (Lipinski definition) is 6. The van der Waals surface area contributed by atoms with Gasteiger partial charge in [-0.15, -0.1) is 11.3 Å². The Morgan fingerprint density at radius 1 is 1.29 bits per heavy atom. The fourth-order valence-electron chi connectivity index (χ4n) is 3.67. The third-order valence-corrected chi connectivity index (χ3v) is 8.19. The molecule has 1 aliphatic heterocycles. The number of carbonyl (C=O) groups excluding carboxylic acids is 2. The van der Waals surface area contributed by atoms with E-state index in [0.717, 1.165) is 38.8 Å². The van der Waals surface area contributed by atoms with Gasteiger partial charge < -0.3 is 10.2 Å². The molecule has 0 radical (unpaired) electrons. The first-order valence-corrected chi connectivity index (χ1v) is 13.2. The highest BCUT2D eigenvalue weighted by Gasteiger charge is 2.38. The minimum Gasteiger partial charge on any atom is -0.330 e. The van der Waals surface area contributed by atoms with Gasteiger partial charge in [0.05, 0.1) is 10.2 Å². The second-order valence-corrected chi connectivity index (χ2v) is 11.9. The van der Waals surface area contributed by atoms with Crippen molar-refractivity contribution in [3.63, 3.8) is 0 Å². The monoisotopic (exact) mass is 473 g/mol. The summed E-state index contributed by atoms with van der Waals surface area (Å²) in [5, 5.41) is 7.32. The second kappa shape index (κ2) is 9.30. The molecule has 5 nitrogen and oxygen atoms in total. The minimum atomic E-state index is -0.484. The molecule has 31 heavy (non-hydrogen) atoms. The van der Waals surface area contributed by atoms with Crippen molar-refractivity contribution in [2.75, 3.05) is 17.6 Å². The second-order valence-electron chi connectivity index (χ2n) is 8.79. The molecular formula is C23H27N3O2S3. The van der Waals surface area contributed by atoms with Crippen molar-refractivity contribution < 1.29 is 9.59 Å². The molecule has 3 aromatic rings. The summed E-state index contributed by atoms with van der Waals surface area (Å²) in [6.45, 7) is 6.34. The molecule has 1 fully saturated rings. The summed E-state index contributed by atoms with van der Waals surface area (Å²) in [5.74, 6) is 0.927. The molecular weight excluding hydrogens is 446 g/mol. The number of likely N-dealkylation sites (tertiary alicyclic amines) is 1. The lowest BCUT2D eigenvalue weighted by molar-refractivity contribution is -0.143. The van der Waals surface area contributed by atoms with Gasteiger partial charge in [0.1, 0.15) is 6.04 Å². The highest BCUT2D eigenvalue weighted by molar-refractivity contribution is 8.01. The molecule has 2 aromatic heterocycles. The normalized spacial score (nSPS) is 16.7. The Labute approximate surface area is 195 Å². The lowest BCUT2D eigenvalue weighted by atomic mass is 9.94. The molecule has 0 saturated carbocycles. The van der Waals surface area contributed by atoms with Crippen LogP contribution in [-0.4, -0.2) is 40.0 Å². The Morgan fingerprint density at radius 3 is 2.87 bits per heavy atom. The molecule has 1 saturated heterocycles. The Hall–Kier alpha value is -1.90. The lowest BCUT2D eigenvalue weighted by Gasteiger charge is -2.30. The Kier molecular flexibility index (Phi) is 6.69. The summed E-state index contributed by atoms with van der Waals surface area (Å²) < 4.78 is 2.11. The first-order chi connectivity index (χ1) is 14.8. The van der Waals surface area contributed by atoms with Crippen molar-refractivity contribution in [1.29, 1.82) is 0 Å². The predicted octanol–water partition coefficient (Wildman–Crippen LogP) is 5.67. The van der Waals surface area contributed by atoms with Crippen LogP contribution in [-0.2, 0) is 16.0 Å². The number of nitrogens with one attached hydrogen (secondary N) is 1. The fraction of sp³-hybridized carbons (Fsp3) is 0.435. The van der Waals surface area contributed by atoms with Gasteiger partial charge in [0.25, 0.3) is 0 Å². The van der Waals surface area contributed by atoms with E-state index >= 15 is 0 Å². The highest BCUT2D eigenvalue weighted by atomic mass is 32.2.